The molecule has 2 fully saturated rings. The lowest BCUT2D eigenvalue weighted by atomic mass is 9.74. The van der Waals surface area contributed by atoms with Gasteiger partial charge in [0.1, 0.15) is 0 Å². The van der Waals surface area contributed by atoms with E-state index in [2.05, 4.69) is 9.58 Å². The summed E-state index contributed by atoms with van der Waals surface area (Å²) in [5, 5.41) is 5.16. The molecule has 11 heteroatoms. The Morgan fingerprint density at radius 1 is 1.07 bits per heavy atom. The van der Waals surface area contributed by atoms with Crippen molar-refractivity contribution in [2.75, 3.05) is 31.2 Å². The summed E-state index contributed by atoms with van der Waals surface area (Å²) in [6.07, 6.45) is 1.43. The minimum Gasteiger partial charge on any atom is -0.399 e. The Morgan fingerprint density at radius 2 is 1.77 bits per heavy atom. The van der Waals surface area contributed by atoms with Gasteiger partial charge in [0.25, 0.3) is 6.43 Å². The number of ether oxygens (including phenoxy) is 1. The fourth-order valence-electron chi connectivity index (χ4n) is 6.40. The van der Waals surface area contributed by atoms with E-state index in [-0.39, 0.29) is 17.5 Å². The van der Waals surface area contributed by atoms with Crippen molar-refractivity contribution in [1.29, 1.82) is 0 Å². The van der Waals surface area contributed by atoms with Crippen molar-refractivity contribution in [2.45, 2.75) is 96.9 Å². The molecule has 1 amide bonds. The second kappa shape index (κ2) is 10.1. The lowest BCUT2D eigenvalue weighted by molar-refractivity contribution is -0.129. The molecule has 4 aliphatic rings. The van der Waals surface area contributed by atoms with Crippen LogP contribution in [-0.4, -0.2) is 65.2 Å². The van der Waals surface area contributed by atoms with Gasteiger partial charge < -0.3 is 23.8 Å². The molecule has 0 aliphatic carbocycles. The number of fused-ring (bicyclic) bond motifs is 2. The highest BCUT2D eigenvalue weighted by Gasteiger charge is 2.53. The molecule has 0 saturated carbocycles. The predicted molar refractivity (Wildman–Crippen MR) is 149 cm³/mol. The van der Waals surface area contributed by atoms with E-state index in [9.17, 15) is 13.6 Å². The number of benzene rings is 1. The van der Waals surface area contributed by atoms with Crippen LogP contribution in [0, 0.1) is 0 Å². The number of aryl methyl sites for hydroxylation is 1. The van der Waals surface area contributed by atoms with Crippen LogP contribution in [0.5, 0.6) is 0 Å². The minimum atomic E-state index is -2.69. The number of aromatic nitrogens is 2. The molecular formula is C29H39BF2N4O4. The van der Waals surface area contributed by atoms with Crippen molar-refractivity contribution in [2.24, 2.45) is 0 Å². The first kappa shape index (κ1) is 27.7. The average molecular weight is 556 g/mol. The quantitative estimate of drug-likeness (QED) is 0.519. The van der Waals surface area contributed by atoms with Crippen LogP contribution in [0.3, 0.4) is 0 Å². The molecule has 40 heavy (non-hydrogen) atoms. The van der Waals surface area contributed by atoms with Gasteiger partial charge in [-0.05, 0) is 70.5 Å². The number of carbonyl (C=O) groups excluding carboxylic acids is 1. The van der Waals surface area contributed by atoms with Crippen molar-refractivity contribution >= 4 is 30.0 Å². The Morgan fingerprint density at radius 3 is 2.42 bits per heavy atom. The number of anilines is 2. The van der Waals surface area contributed by atoms with Gasteiger partial charge in [-0.25, -0.2) is 8.78 Å². The summed E-state index contributed by atoms with van der Waals surface area (Å²) in [6, 6.07) is 3.70. The van der Waals surface area contributed by atoms with E-state index >= 15 is 0 Å². The molecule has 2 saturated heterocycles. The van der Waals surface area contributed by atoms with Crippen LogP contribution >= 0.6 is 0 Å². The fraction of sp³-hybridized carbons (Fsp3) is 0.655. The Kier molecular flexibility index (Phi) is 6.98. The van der Waals surface area contributed by atoms with Crippen LogP contribution < -0.4 is 10.4 Å². The third-order valence-electron chi connectivity index (χ3n) is 9.45. The van der Waals surface area contributed by atoms with Crippen LogP contribution in [0.4, 0.5) is 20.3 Å². The number of nitrogens with zero attached hydrogens (tertiary/aromatic N) is 4. The maximum atomic E-state index is 14.6. The first-order valence-electron chi connectivity index (χ1n) is 14.5. The molecule has 4 aliphatic heterocycles. The van der Waals surface area contributed by atoms with E-state index in [1.807, 2.05) is 38.7 Å². The van der Waals surface area contributed by atoms with Gasteiger partial charge in [0.15, 0.2) is 5.82 Å². The van der Waals surface area contributed by atoms with Crippen molar-refractivity contribution in [1.82, 2.24) is 14.7 Å². The number of halogens is 2. The molecule has 1 aromatic heterocycles. The van der Waals surface area contributed by atoms with E-state index < -0.39 is 24.7 Å². The summed E-state index contributed by atoms with van der Waals surface area (Å²) in [6.45, 7) is 12.5. The van der Waals surface area contributed by atoms with Gasteiger partial charge in [0.2, 0.25) is 5.91 Å². The molecule has 5 heterocycles. The molecule has 0 N–H and O–H groups in total. The van der Waals surface area contributed by atoms with Gasteiger partial charge in [-0.2, -0.15) is 5.10 Å². The third kappa shape index (κ3) is 4.63. The molecule has 216 valence electrons. The number of hydrogen-bond donors (Lipinski definition) is 0. The second-order valence-corrected chi connectivity index (χ2v) is 12.5. The number of carbonyl (C=O) groups is 1. The summed E-state index contributed by atoms with van der Waals surface area (Å²) in [4.78, 5) is 16.3. The first-order valence-corrected chi connectivity index (χ1v) is 14.5. The van der Waals surface area contributed by atoms with Gasteiger partial charge in [0, 0.05) is 62.2 Å². The Balaban J connectivity index is 1.43. The van der Waals surface area contributed by atoms with Crippen molar-refractivity contribution in [3.05, 3.63) is 34.5 Å². The molecule has 1 aromatic carbocycles. The summed E-state index contributed by atoms with van der Waals surface area (Å²) in [5.41, 5.74) is 2.97. The zero-order chi connectivity index (χ0) is 28.4. The largest absolute Gasteiger partial charge is 0.495 e. The standard InChI is InChI=1S/C29H39BF2N4O4/c1-18(37)34-12-8-24-22(17-34)27(33-36(24)20-9-13-38-14-10-20)35-11-6-7-19-15-23(21(26(31)32)16-25(19)35)30-39-28(2,3)29(4,5)40-30/h15-16,20,26H,6-14,17H2,1-5H3. The third-order valence-corrected chi connectivity index (χ3v) is 9.45. The van der Waals surface area contributed by atoms with Crippen LogP contribution in [0.1, 0.15) is 88.7 Å². The smallest absolute Gasteiger partial charge is 0.399 e. The van der Waals surface area contributed by atoms with Gasteiger partial charge in [-0.1, -0.05) is 6.07 Å². The number of hydrogen-bond acceptors (Lipinski definition) is 6. The first-order chi connectivity index (χ1) is 19.0. The molecule has 0 unspecified atom stereocenters. The topological polar surface area (TPSA) is 69.1 Å². The van der Waals surface area contributed by atoms with Gasteiger partial charge in [0.05, 0.1) is 23.8 Å². The zero-order valence-corrected chi connectivity index (χ0v) is 24.1. The van der Waals surface area contributed by atoms with E-state index in [4.69, 9.17) is 19.1 Å². The van der Waals surface area contributed by atoms with Crippen LogP contribution in [0.25, 0.3) is 0 Å². The molecular weight excluding hydrogens is 517 g/mol. The van der Waals surface area contributed by atoms with Crippen molar-refractivity contribution < 1.29 is 27.6 Å². The molecule has 6 rings (SSSR count). The van der Waals surface area contributed by atoms with E-state index in [0.29, 0.717) is 38.3 Å². The van der Waals surface area contributed by atoms with E-state index in [0.717, 1.165) is 60.4 Å². The minimum absolute atomic E-state index is 0.0292. The maximum absolute atomic E-state index is 14.6. The van der Waals surface area contributed by atoms with Gasteiger partial charge in [-0.15, -0.1) is 0 Å². The summed E-state index contributed by atoms with van der Waals surface area (Å²) in [7, 11) is -0.862. The summed E-state index contributed by atoms with van der Waals surface area (Å²) in [5.74, 6) is 0.804. The van der Waals surface area contributed by atoms with Gasteiger partial charge in [-0.3, -0.25) is 9.48 Å². The average Bonchev–Trinajstić information content (AvgIpc) is 3.40. The molecule has 0 radical (unpaired) electrons. The maximum Gasteiger partial charge on any atom is 0.495 e. The summed E-state index contributed by atoms with van der Waals surface area (Å²) < 4.78 is 49.4. The lowest BCUT2D eigenvalue weighted by Crippen LogP contribution is -2.41. The molecule has 8 nitrogen and oxygen atoms in total. The zero-order valence-electron chi connectivity index (χ0n) is 24.1. The van der Waals surface area contributed by atoms with Crippen LogP contribution in [0.15, 0.2) is 12.1 Å². The highest BCUT2D eigenvalue weighted by Crippen LogP contribution is 2.42. The number of alkyl halides is 2. The molecule has 0 bridgehead atoms. The van der Waals surface area contributed by atoms with E-state index in [1.54, 1.807) is 13.0 Å². The van der Waals surface area contributed by atoms with Crippen molar-refractivity contribution in [3.8, 4) is 0 Å². The SMILES string of the molecule is CC(=O)N1CCc2c(c(N3CCCc4cc(B5OC(C)(C)C(C)(C)O5)c(C(F)F)cc43)nn2C2CCOCC2)C1. The second-order valence-electron chi connectivity index (χ2n) is 12.5. The molecule has 0 atom stereocenters. The van der Waals surface area contributed by atoms with Crippen molar-refractivity contribution in [3.63, 3.8) is 0 Å². The Labute approximate surface area is 235 Å². The van der Waals surface area contributed by atoms with E-state index in [1.165, 1.54) is 0 Å². The fourth-order valence-corrected chi connectivity index (χ4v) is 6.40. The number of amides is 1. The van der Waals surface area contributed by atoms with Crippen LogP contribution in [-0.2, 0) is 38.2 Å². The monoisotopic (exact) mass is 556 g/mol. The highest BCUT2D eigenvalue weighted by atomic mass is 19.3. The Hall–Kier alpha value is -2.50. The van der Waals surface area contributed by atoms with Gasteiger partial charge >= 0.3 is 7.12 Å². The Bertz CT molecular complexity index is 1290. The normalized spacial score (nSPS) is 22.6. The molecule has 0 spiro atoms. The molecule has 2 aromatic rings. The predicted octanol–water partition coefficient (Wildman–Crippen LogP) is 4.46. The number of rotatable bonds is 4. The lowest BCUT2D eigenvalue weighted by Gasteiger charge is -2.33. The van der Waals surface area contributed by atoms with Crippen LogP contribution in [0.2, 0.25) is 0 Å². The highest BCUT2D eigenvalue weighted by molar-refractivity contribution is 6.62. The summed E-state index contributed by atoms with van der Waals surface area (Å²) >= 11 is 0.